The van der Waals surface area contributed by atoms with Crippen molar-refractivity contribution < 1.29 is 9.53 Å². The number of amides is 1. The van der Waals surface area contributed by atoms with E-state index in [1.54, 1.807) is 6.92 Å². The molecular formula is C22H27N3O2. The first-order chi connectivity index (χ1) is 13.2. The minimum Gasteiger partial charge on any atom is -0.494 e. The van der Waals surface area contributed by atoms with E-state index in [0.717, 1.165) is 49.3 Å². The highest BCUT2D eigenvalue weighted by Crippen LogP contribution is 2.18. The van der Waals surface area contributed by atoms with E-state index in [1.807, 2.05) is 36.4 Å². The van der Waals surface area contributed by atoms with Crippen LogP contribution in [0, 0.1) is 0 Å². The summed E-state index contributed by atoms with van der Waals surface area (Å²) in [6, 6.07) is 18.2. The van der Waals surface area contributed by atoms with Crippen LogP contribution in [0.4, 0.5) is 0 Å². The molecule has 1 amide bonds. The zero-order valence-electron chi connectivity index (χ0n) is 15.9. The Kier molecular flexibility index (Phi) is 6.85. The van der Waals surface area contributed by atoms with Crippen LogP contribution in [-0.4, -0.2) is 28.6 Å². The van der Waals surface area contributed by atoms with Crippen LogP contribution in [-0.2, 0) is 17.8 Å². The number of hydrogen-bond donors (Lipinski definition) is 1. The van der Waals surface area contributed by atoms with Crippen molar-refractivity contribution in [1.29, 1.82) is 0 Å². The molecule has 0 radical (unpaired) electrons. The van der Waals surface area contributed by atoms with Crippen molar-refractivity contribution in [3.05, 3.63) is 60.4 Å². The molecule has 0 saturated heterocycles. The Morgan fingerprint density at radius 1 is 1.04 bits per heavy atom. The molecule has 0 saturated carbocycles. The summed E-state index contributed by atoms with van der Waals surface area (Å²) in [4.78, 5) is 15.8. The molecule has 1 aromatic heterocycles. The summed E-state index contributed by atoms with van der Waals surface area (Å²) in [5, 5.41) is 2.85. The van der Waals surface area contributed by atoms with Gasteiger partial charge >= 0.3 is 0 Å². The van der Waals surface area contributed by atoms with Gasteiger partial charge in [-0.2, -0.15) is 0 Å². The molecule has 1 heterocycles. The van der Waals surface area contributed by atoms with Gasteiger partial charge in [-0.25, -0.2) is 4.98 Å². The average molecular weight is 365 g/mol. The number of ether oxygens (including phenoxy) is 1. The van der Waals surface area contributed by atoms with Crippen LogP contribution in [0.5, 0.6) is 5.75 Å². The number of nitrogens with one attached hydrogen (secondary N) is 1. The molecule has 2 aromatic carbocycles. The molecule has 5 nitrogen and oxygen atoms in total. The summed E-state index contributed by atoms with van der Waals surface area (Å²) < 4.78 is 8.09. The number of benzene rings is 2. The van der Waals surface area contributed by atoms with Gasteiger partial charge in [0, 0.05) is 26.4 Å². The van der Waals surface area contributed by atoms with E-state index < -0.39 is 0 Å². The maximum absolute atomic E-state index is 11.0. The van der Waals surface area contributed by atoms with E-state index >= 15 is 0 Å². The van der Waals surface area contributed by atoms with Crippen molar-refractivity contribution in [3.63, 3.8) is 0 Å². The van der Waals surface area contributed by atoms with E-state index in [1.165, 1.54) is 5.52 Å². The molecule has 0 bridgehead atoms. The molecule has 142 valence electrons. The number of rotatable bonds is 10. The van der Waals surface area contributed by atoms with E-state index in [-0.39, 0.29) is 5.91 Å². The average Bonchev–Trinajstić information content (AvgIpc) is 3.03. The number of hydrogen-bond acceptors (Lipinski definition) is 3. The molecule has 5 heteroatoms. The zero-order chi connectivity index (χ0) is 18.9. The van der Waals surface area contributed by atoms with Crippen molar-refractivity contribution in [1.82, 2.24) is 14.9 Å². The first-order valence-electron chi connectivity index (χ1n) is 9.60. The lowest BCUT2D eigenvalue weighted by molar-refractivity contribution is -0.118. The Labute approximate surface area is 160 Å². The summed E-state index contributed by atoms with van der Waals surface area (Å²) in [6.07, 6.45) is 3.77. The van der Waals surface area contributed by atoms with Crippen LogP contribution in [0.2, 0.25) is 0 Å². The minimum absolute atomic E-state index is 0.0157. The van der Waals surface area contributed by atoms with Gasteiger partial charge in [0.15, 0.2) is 0 Å². The molecule has 1 N–H and O–H groups in total. The fourth-order valence-corrected chi connectivity index (χ4v) is 3.16. The Morgan fingerprint density at radius 3 is 2.63 bits per heavy atom. The van der Waals surface area contributed by atoms with Gasteiger partial charge < -0.3 is 14.6 Å². The quantitative estimate of drug-likeness (QED) is 0.553. The van der Waals surface area contributed by atoms with Crippen LogP contribution in [0.1, 0.15) is 32.0 Å². The Bertz CT molecular complexity index is 858. The Balaban J connectivity index is 1.55. The molecule has 3 aromatic rings. The maximum atomic E-state index is 11.0. The van der Waals surface area contributed by atoms with Crippen LogP contribution in [0.25, 0.3) is 11.0 Å². The lowest BCUT2D eigenvalue weighted by atomic mass is 10.2. The van der Waals surface area contributed by atoms with Gasteiger partial charge in [-0.1, -0.05) is 30.3 Å². The van der Waals surface area contributed by atoms with Crippen molar-refractivity contribution in [3.8, 4) is 5.75 Å². The van der Waals surface area contributed by atoms with E-state index in [0.29, 0.717) is 13.2 Å². The number of carbonyl (C=O) groups is 1. The van der Waals surface area contributed by atoms with Crippen molar-refractivity contribution in [2.24, 2.45) is 0 Å². The first-order valence-corrected chi connectivity index (χ1v) is 9.60. The molecule has 0 aliphatic rings. The number of para-hydroxylation sites is 3. The maximum Gasteiger partial charge on any atom is 0.216 e. The third-order valence-electron chi connectivity index (χ3n) is 4.47. The molecule has 0 unspecified atom stereocenters. The second-order valence-electron chi connectivity index (χ2n) is 6.62. The fraction of sp³-hybridized carbons (Fsp3) is 0.364. The topological polar surface area (TPSA) is 56.2 Å². The summed E-state index contributed by atoms with van der Waals surface area (Å²) in [6.45, 7) is 3.87. The van der Waals surface area contributed by atoms with Gasteiger partial charge in [-0.15, -0.1) is 0 Å². The van der Waals surface area contributed by atoms with Crippen molar-refractivity contribution in [2.75, 3.05) is 13.2 Å². The zero-order valence-corrected chi connectivity index (χ0v) is 15.9. The number of unbranched alkanes of at least 4 members (excludes halogenated alkanes) is 1. The van der Waals surface area contributed by atoms with Gasteiger partial charge in [-0.05, 0) is 43.5 Å². The number of aromatic nitrogens is 2. The predicted molar refractivity (Wildman–Crippen MR) is 108 cm³/mol. The number of nitrogens with zero attached hydrogens (tertiary/aromatic N) is 2. The first kappa shape index (κ1) is 19.0. The van der Waals surface area contributed by atoms with Crippen LogP contribution in [0.15, 0.2) is 54.6 Å². The second kappa shape index (κ2) is 9.76. The SMILES string of the molecule is CC(=O)NCCCc1nc2ccccc2n1CCCCOc1ccccc1. The van der Waals surface area contributed by atoms with Crippen LogP contribution in [0.3, 0.4) is 0 Å². The summed E-state index contributed by atoms with van der Waals surface area (Å²) in [5.74, 6) is 2.02. The highest BCUT2D eigenvalue weighted by molar-refractivity contribution is 5.76. The Hall–Kier alpha value is -2.82. The number of carbonyl (C=O) groups excluding carboxylic acids is 1. The van der Waals surface area contributed by atoms with E-state index in [2.05, 4.69) is 28.1 Å². The van der Waals surface area contributed by atoms with Crippen LogP contribution >= 0.6 is 0 Å². The van der Waals surface area contributed by atoms with Crippen molar-refractivity contribution in [2.45, 2.75) is 39.2 Å². The minimum atomic E-state index is 0.0157. The van der Waals surface area contributed by atoms with Gasteiger partial charge in [0.1, 0.15) is 11.6 Å². The molecule has 27 heavy (non-hydrogen) atoms. The number of fused-ring (bicyclic) bond motifs is 1. The lowest BCUT2D eigenvalue weighted by Gasteiger charge is -2.10. The normalized spacial score (nSPS) is 10.9. The van der Waals surface area contributed by atoms with E-state index in [4.69, 9.17) is 9.72 Å². The summed E-state index contributed by atoms with van der Waals surface area (Å²) >= 11 is 0. The standard InChI is InChI=1S/C22H27N3O2/c1-18(26)23-15-9-14-22-24-20-12-5-6-13-21(20)25(22)16-7-8-17-27-19-10-3-2-4-11-19/h2-6,10-13H,7-9,14-17H2,1H3,(H,23,26). The molecule has 0 atom stereocenters. The van der Waals surface area contributed by atoms with Gasteiger partial charge in [0.25, 0.3) is 0 Å². The summed E-state index contributed by atoms with van der Waals surface area (Å²) in [7, 11) is 0. The molecule has 3 rings (SSSR count). The molecular weight excluding hydrogens is 338 g/mol. The monoisotopic (exact) mass is 365 g/mol. The smallest absolute Gasteiger partial charge is 0.216 e. The van der Waals surface area contributed by atoms with Gasteiger partial charge in [-0.3, -0.25) is 4.79 Å². The van der Waals surface area contributed by atoms with Gasteiger partial charge in [0.05, 0.1) is 17.6 Å². The fourth-order valence-electron chi connectivity index (χ4n) is 3.16. The highest BCUT2D eigenvalue weighted by Gasteiger charge is 2.10. The third-order valence-corrected chi connectivity index (χ3v) is 4.47. The van der Waals surface area contributed by atoms with Gasteiger partial charge in [0.2, 0.25) is 5.91 Å². The second-order valence-corrected chi connectivity index (χ2v) is 6.62. The van der Waals surface area contributed by atoms with E-state index in [9.17, 15) is 4.79 Å². The largest absolute Gasteiger partial charge is 0.494 e. The highest BCUT2D eigenvalue weighted by atomic mass is 16.5. The number of imidazole rings is 1. The molecule has 0 aliphatic carbocycles. The third kappa shape index (κ3) is 5.58. The summed E-state index contributed by atoms with van der Waals surface area (Å²) in [5.41, 5.74) is 2.21. The Morgan fingerprint density at radius 2 is 1.81 bits per heavy atom. The van der Waals surface area contributed by atoms with Crippen LogP contribution < -0.4 is 10.1 Å². The molecule has 0 aliphatic heterocycles. The number of aryl methyl sites for hydroxylation is 2. The molecule has 0 spiro atoms. The van der Waals surface area contributed by atoms with Crippen molar-refractivity contribution >= 4 is 16.9 Å². The lowest BCUT2D eigenvalue weighted by Crippen LogP contribution is -2.21. The predicted octanol–water partition coefficient (Wildman–Crippen LogP) is 3.96. The molecule has 0 fully saturated rings.